The molecule has 2 fully saturated rings. The van der Waals surface area contributed by atoms with Gasteiger partial charge in [-0.3, -0.25) is 4.79 Å². The molecule has 17 heavy (non-hydrogen) atoms. The van der Waals surface area contributed by atoms with E-state index in [0.717, 1.165) is 19.4 Å². The molecule has 2 aliphatic rings. The van der Waals surface area contributed by atoms with E-state index in [2.05, 4.69) is 5.32 Å². The lowest BCUT2D eigenvalue weighted by atomic mass is 10.0. The molecule has 0 spiro atoms. The average molecular weight is 244 g/mol. The first-order valence-corrected chi connectivity index (χ1v) is 6.50. The van der Waals surface area contributed by atoms with Crippen molar-refractivity contribution < 1.29 is 13.9 Å². The first-order valence-electron chi connectivity index (χ1n) is 6.50. The van der Waals surface area contributed by atoms with Gasteiger partial charge < -0.3 is 15.0 Å². The van der Waals surface area contributed by atoms with E-state index >= 15 is 0 Å². The van der Waals surface area contributed by atoms with E-state index < -0.39 is 6.17 Å². The van der Waals surface area contributed by atoms with E-state index in [-0.39, 0.29) is 24.6 Å². The average Bonchev–Trinajstić information content (AvgIpc) is 2.84. The molecule has 0 aromatic rings. The molecular formula is C12H21FN2O2. The molecule has 0 aromatic heterocycles. The highest BCUT2D eigenvalue weighted by Gasteiger charge is 2.35. The minimum absolute atomic E-state index is 0.0556. The van der Waals surface area contributed by atoms with Crippen LogP contribution in [0, 0.1) is 0 Å². The Balaban J connectivity index is 1.85. The SMILES string of the molecule is CCO[C@H]1CCN(C(=O)[C@@H]2CCCN2)C[C@H]1F. The normalized spacial score (nSPS) is 34.0. The number of alkyl halides is 1. The third-order valence-corrected chi connectivity index (χ3v) is 3.53. The fraction of sp³-hybridized carbons (Fsp3) is 0.917. The van der Waals surface area contributed by atoms with Crippen molar-refractivity contribution in [1.29, 1.82) is 0 Å². The molecule has 1 N–H and O–H groups in total. The van der Waals surface area contributed by atoms with Crippen molar-refractivity contribution in [1.82, 2.24) is 10.2 Å². The Morgan fingerprint density at radius 3 is 2.94 bits per heavy atom. The molecule has 98 valence electrons. The third kappa shape index (κ3) is 2.96. The lowest BCUT2D eigenvalue weighted by molar-refractivity contribution is -0.138. The van der Waals surface area contributed by atoms with Crippen molar-refractivity contribution in [2.75, 3.05) is 26.2 Å². The summed E-state index contributed by atoms with van der Waals surface area (Å²) >= 11 is 0. The number of amides is 1. The second kappa shape index (κ2) is 5.78. The Hall–Kier alpha value is -0.680. The molecule has 4 nitrogen and oxygen atoms in total. The van der Waals surface area contributed by atoms with Crippen LogP contribution in [0.4, 0.5) is 4.39 Å². The Bertz CT molecular complexity index is 269. The quantitative estimate of drug-likeness (QED) is 0.795. The van der Waals surface area contributed by atoms with Gasteiger partial charge in [0, 0.05) is 13.2 Å². The number of likely N-dealkylation sites (tertiary alicyclic amines) is 1. The highest BCUT2D eigenvalue weighted by atomic mass is 19.1. The number of rotatable bonds is 3. The molecule has 0 radical (unpaired) electrons. The van der Waals surface area contributed by atoms with Crippen molar-refractivity contribution in [2.24, 2.45) is 0 Å². The molecule has 0 saturated carbocycles. The summed E-state index contributed by atoms with van der Waals surface area (Å²) in [6.45, 7) is 4.09. The molecule has 0 bridgehead atoms. The number of nitrogens with zero attached hydrogens (tertiary/aromatic N) is 1. The summed E-state index contributed by atoms with van der Waals surface area (Å²) in [6.07, 6.45) is 1.13. The number of hydrogen-bond donors (Lipinski definition) is 1. The first kappa shape index (κ1) is 12.8. The Kier molecular flexibility index (Phi) is 4.34. The van der Waals surface area contributed by atoms with Gasteiger partial charge in [-0.05, 0) is 32.7 Å². The number of piperidine rings is 1. The van der Waals surface area contributed by atoms with Gasteiger partial charge in [-0.15, -0.1) is 0 Å². The van der Waals surface area contributed by atoms with Crippen molar-refractivity contribution in [2.45, 2.75) is 44.5 Å². The van der Waals surface area contributed by atoms with Gasteiger partial charge in [0.1, 0.15) is 6.17 Å². The monoisotopic (exact) mass is 244 g/mol. The van der Waals surface area contributed by atoms with Crippen LogP contribution in [0.3, 0.4) is 0 Å². The lowest BCUT2D eigenvalue weighted by Crippen LogP contribution is -2.52. The van der Waals surface area contributed by atoms with Crippen molar-refractivity contribution in [3.63, 3.8) is 0 Å². The molecule has 0 unspecified atom stereocenters. The zero-order valence-corrected chi connectivity index (χ0v) is 10.3. The Morgan fingerprint density at radius 1 is 1.53 bits per heavy atom. The number of halogens is 1. The molecule has 2 rings (SSSR count). The maximum absolute atomic E-state index is 13.8. The van der Waals surface area contributed by atoms with Gasteiger partial charge in [0.05, 0.1) is 18.7 Å². The van der Waals surface area contributed by atoms with Gasteiger partial charge in [-0.25, -0.2) is 4.39 Å². The van der Waals surface area contributed by atoms with Gasteiger partial charge >= 0.3 is 0 Å². The van der Waals surface area contributed by atoms with E-state index in [9.17, 15) is 9.18 Å². The van der Waals surface area contributed by atoms with Crippen LogP contribution in [0.1, 0.15) is 26.2 Å². The smallest absolute Gasteiger partial charge is 0.239 e. The van der Waals surface area contributed by atoms with Crippen LogP contribution in [-0.4, -0.2) is 55.4 Å². The van der Waals surface area contributed by atoms with E-state index in [4.69, 9.17) is 4.74 Å². The molecule has 3 atom stereocenters. The summed E-state index contributed by atoms with van der Waals surface area (Å²) in [5.41, 5.74) is 0. The van der Waals surface area contributed by atoms with Crippen molar-refractivity contribution in [3.8, 4) is 0 Å². The molecule has 5 heteroatoms. The summed E-state index contributed by atoms with van der Waals surface area (Å²) in [6, 6.07) is -0.0918. The fourth-order valence-electron chi connectivity index (χ4n) is 2.60. The van der Waals surface area contributed by atoms with Gasteiger partial charge in [0.2, 0.25) is 5.91 Å². The summed E-state index contributed by atoms with van der Waals surface area (Å²) in [5, 5.41) is 3.16. The van der Waals surface area contributed by atoms with Crippen LogP contribution in [0.5, 0.6) is 0 Å². The van der Waals surface area contributed by atoms with Crippen LogP contribution in [0.2, 0.25) is 0 Å². The van der Waals surface area contributed by atoms with E-state index in [0.29, 0.717) is 19.6 Å². The van der Waals surface area contributed by atoms with Gasteiger partial charge in [-0.1, -0.05) is 0 Å². The van der Waals surface area contributed by atoms with E-state index in [1.54, 1.807) is 4.90 Å². The van der Waals surface area contributed by atoms with Gasteiger partial charge in [0.25, 0.3) is 0 Å². The molecule has 0 aliphatic carbocycles. The van der Waals surface area contributed by atoms with Crippen molar-refractivity contribution >= 4 is 5.91 Å². The van der Waals surface area contributed by atoms with E-state index in [1.165, 1.54) is 0 Å². The van der Waals surface area contributed by atoms with E-state index in [1.807, 2.05) is 6.92 Å². The molecule has 2 heterocycles. The maximum atomic E-state index is 13.8. The molecule has 1 amide bonds. The summed E-state index contributed by atoms with van der Waals surface area (Å²) in [4.78, 5) is 13.7. The van der Waals surface area contributed by atoms with Crippen LogP contribution >= 0.6 is 0 Å². The molecular weight excluding hydrogens is 223 g/mol. The van der Waals surface area contributed by atoms with Crippen LogP contribution in [0.25, 0.3) is 0 Å². The Morgan fingerprint density at radius 2 is 2.35 bits per heavy atom. The summed E-state index contributed by atoms with van der Waals surface area (Å²) in [7, 11) is 0. The minimum Gasteiger partial charge on any atom is -0.375 e. The predicted octanol–water partition coefficient (Wildman–Crippen LogP) is 0.714. The van der Waals surface area contributed by atoms with Crippen LogP contribution in [0.15, 0.2) is 0 Å². The second-order valence-corrected chi connectivity index (χ2v) is 4.73. The third-order valence-electron chi connectivity index (χ3n) is 3.53. The minimum atomic E-state index is -1.05. The number of ether oxygens (including phenoxy) is 1. The number of carbonyl (C=O) groups is 1. The predicted molar refractivity (Wildman–Crippen MR) is 62.5 cm³/mol. The van der Waals surface area contributed by atoms with Crippen LogP contribution < -0.4 is 5.32 Å². The first-order chi connectivity index (χ1) is 8.22. The number of nitrogens with one attached hydrogen (secondary N) is 1. The number of carbonyl (C=O) groups excluding carboxylic acids is 1. The lowest BCUT2D eigenvalue weighted by Gasteiger charge is -2.35. The zero-order valence-electron chi connectivity index (χ0n) is 10.3. The maximum Gasteiger partial charge on any atom is 0.239 e. The summed E-state index contributed by atoms with van der Waals surface area (Å²) in [5.74, 6) is 0.0556. The highest BCUT2D eigenvalue weighted by molar-refractivity contribution is 5.82. The van der Waals surface area contributed by atoms with Crippen molar-refractivity contribution in [3.05, 3.63) is 0 Å². The Labute approximate surface area is 101 Å². The highest BCUT2D eigenvalue weighted by Crippen LogP contribution is 2.19. The second-order valence-electron chi connectivity index (χ2n) is 4.73. The summed E-state index contributed by atoms with van der Waals surface area (Å²) < 4.78 is 19.1. The molecule has 2 aliphatic heterocycles. The largest absolute Gasteiger partial charge is 0.375 e. The number of hydrogen-bond acceptors (Lipinski definition) is 3. The molecule has 2 saturated heterocycles. The van der Waals surface area contributed by atoms with Gasteiger partial charge in [-0.2, -0.15) is 0 Å². The van der Waals surface area contributed by atoms with Crippen LogP contribution in [-0.2, 0) is 9.53 Å². The van der Waals surface area contributed by atoms with Gasteiger partial charge in [0.15, 0.2) is 0 Å². The zero-order chi connectivity index (χ0) is 12.3. The molecule has 0 aromatic carbocycles. The standard InChI is InChI=1S/C12H21FN2O2/c1-2-17-11-5-7-15(8-9(11)13)12(16)10-4-3-6-14-10/h9-11,14H,2-8H2,1H3/t9-,10+,11+/m1/s1. The fourth-order valence-corrected chi connectivity index (χ4v) is 2.60. The topological polar surface area (TPSA) is 41.6 Å².